The van der Waals surface area contributed by atoms with Crippen LogP contribution >= 0.6 is 0 Å². The van der Waals surface area contributed by atoms with E-state index in [1.807, 2.05) is 0 Å². The molecule has 4 nitrogen and oxygen atoms in total. The molecule has 0 bridgehead atoms. The van der Waals surface area contributed by atoms with Gasteiger partial charge in [-0.2, -0.15) is 0 Å². The Morgan fingerprint density at radius 1 is 1.24 bits per heavy atom. The molecular weight excluding hydrogens is 216 g/mol. The maximum atomic E-state index is 5.73. The van der Waals surface area contributed by atoms with Crippen LogP contribution in [0.2, 0.25) is 0 Å². The summed E-state index contributed by atoms with van der Waals surface area (Å²) in [6.07, 6.45) is 3.04. The molecule has 0 radical (unpaired) electrons. The van der Waals surface area contributed by atoms with Gasteiger partial charge in [-0.1, -0.05) is 0 Å². The molecule has 0 saturated carbocycles. The SMILES string of the molecule is COCCN(C)CCNC1CC(C)OC(C)C1. The molecule has 1 aliphatic rings. The van der Waals surface area contributed by atoms with Crippen molar-refractivity contribution in [1.82, 2.24) is 10.2 Å². The first-order chi connectivity index (χ1) is 8.11. The van der Waals surface area contributed by atoms with Crippen molar-refractivity contribution in [3.8, 4) is 0 Å². The summed E-state index contributed by atoms with van der Waals surface area (Å²) in [5, 5.41) is 3.63. The normalized spacial score (nSPS) is 29.8. The van der Waals surface area contributed by atoms with Crippen LogP contribution in [0.1, 0.15) is 26.7 Å². The van der Waals surface area contributed by atoms with Crippen LogP contribution in [0.4, 0.5) is 0 Å². The molecule has 2 atom stereocenters. The zero-order chi connectivity index (χ0) is 12.7. The Morgan fingerprint density at radius 2 is 1.88 bits per heavy atom. The van der Waals surface area contributed by atoms with Gasteiger partial charge in [0.25, 0.3) is 0 Å². The zero-order valence-corrected chi connectivity index (χ0v) is 11.7. The maximum Gasteiger partial charge on any atom is 0.0589 e. The summed E-state index contributed by atoms with van der Waals surface area (Å²) >= 11 is 0. The molecule has 1 N–H and O–H groups in total. The van der Waals surface area contributed by atoms with E-state index in [-0.39, 0.29) is 0 Å². The van der Waals surface area contributed by atoms with E-state index in [1.54, 1.807) is 7.11 Å². The van der Waals surface area contributed by atoms with E-state index in [9.17, 15) is 0 Å². The molecule has 0 aromatic carbocycles. The van der Waals surface area contributed by atoms with Gasteiger partial charge in [0.15, 0.2) is 0 Å². The first-order valence-corrected chi connectivity index (χ1v) is 6.68. The van der Waals surface area contributed by atoms with Crippen molar-refractivity contribution in [2.45, 2.75) is 44.9 Å². The van der Waals surface area contributed by atoms with Gasteiger partial charge in [-0.15, -0.1) is 0 Å². The van der Waals surface area contributed by atoms with E-state index in [0.29, 0.717) is 18.2 Å². The van der Waals surface area contributed by atoms with Crippen LogP contribution in [-0.2, 0) is 9.47 Å². The molecule has 1 aliphatic heterocycles. The van der Waals surface area contributed by atoms with Crippen molar-refractivity contribution in [2.75, 3.05) is 40.4 Å². The molecule has 0 aromatic heterocycles. The largest absolute Gasteiger partial charge is 0.383 e. The Balaban J connectivity index is 2.09. The summed E-state index contributed by atoms with van der Waals surface area (Å²) in [4.78, 5) is 2.29. The fraction of sp³-hybridized carbons (Fsp3) is 1.00. The predicted molar refractivity (Wildman–Crippen MR) is 70.4 cm³/mol. The number of likely N-dealkylation sites (N-methyl/N-ethyl adjacent to an activating group) is 1. The molecule has 0 spiro atoms. The third-order valence-electron chi connectivity index (χ3n) is 3.30. The van der Waals surface area contributed by atoms with Crippen LogP contribution in [0, 0.1) is 0 Å². The highest BCUT2D eigenvalue weighted by Crippen LogP contribution is 2.18. The molecular formula is C13H28N2O2. The van der Waals surface area contributed by atoms with Crippen molar-refractivity contribution in [3.63, 3.8) is 0 Å². The second-order valence-corrected chi connectivity index (χ2v) is 5.18. The first kappa shape index (κ1) is 14.9. The third kappa shape index (κ3) is 6.36. The number of methoxy groups -OCH3 is 1. The molecule has 1 rings (SSSR count). The van der Waals surface area contributed by atoms with Gasteiger partial charge < -0.3 is 19.7 Å². The van der Waals surface area contributed by atoms with Gasteiger partial charge in [0.1, 0.15) is 0 Å². The van der Waals surface area contributed by atoms with Crippen molar-refractivity contribution in [3.05, 3.63) is 0 Å². The van der Waals surface area contributed by atoms with Gasteiger partial charge in [0.05, 0.1) is 18.8 Å². The zero-order valence-electron chi connectivity index (χ0n) is 11.7. The quantitative estimate of drug-likeness (QED) is 0.727. The minimum absolute atomic E-state index is 0.391. The lowest BCUT2D eigenvalue weighted by atomic mass is 10.00. The number of hydrogen-bond donors (Lipinski definition) is 1. The van der Waals surface area contributed by atoms with Crippen LogP contribution in [-0.4, -0.2) is 63.5 Å². The van der Waals surface area contributed by atoms with Gasteiger partial charge in [0, 0.05) is 32.8 Å². The number of ether oxygens (including phenoxy) is 2. The fourth-order valence-electron chi connectivity index (χ4n) is 2.39. The van der Waals surface area contributed by atoms with E-state index in [4.69, 9.17) is 9.47 Å². The van der Waals surface area contributed by atoms with Crippen LogP contribution < -0.4 is 5.32 Å². The summed E-state index contributed by atoms with van der Waals surface area (Å²) in [6, 6.07) is 0.615. The highest BCUT2D eigenvalue weighted by molar-refractivity contribution is 4.78. The molecule has 1 saturated heterocycles. The smallest absolute Gasteiger partial charge is 0.0589 e. The molecule has 0 amide bonds. The highest BCUT2D eigenvalue weighted by Gasteiger charge is 2.23. The lowest BCUT2D eigenvalue weighted by Gasteiger charge is -2.33. The molecule has 1 fully saturated rings. The predicted octanol–water partition coefficient (Wildman–Crippen LogP) is 1.11. The van der Waals surface area contributed by atoms with E-state index in [0.717, 1.165) is 39.1 Å². The Bertz CT molecular complexity index is 192. The van der Waals surface area contributed by atoms with E-state index in [1.165, 1.54) is 0 Å². The number of nitrogens with one attached hydrogen (secondary N) is 1. The molecule has 17 heavy (non-hydrogen) atoms. The average Bonchev–Trinajstić information content (AvgIpc) is 2.25. The van der Waals surface area contributed by atoms with Crippen molar-refractivity contribution >= 4 is 0 Å². The summed E-state index contributed by atoms with van der Waals surface area (Å²) in [5.74, 6) is 0. The minimum atomic E-state index is 0.391. The first-order valence-electron chi connectivity index (χ1n) is 6.68. The van der Waals surface area contributed by atoms with Crippen LogP contribution in [0.5, 0.6) is 0 Å². The second-order valence-electron chi connectivity index (χ2n) is 5.18. The molecule has 102 valence electrons. The maximum absolute atomic E-state index is 5.73. The van der Waals surface area contributed by atoms with Gasteiger partial charge in [-0.3, -0.25) is 0 Å². The van der Waals surface area contributed by atoms with E-state index >= 15 is 0 Å². The van der Waals surface area contributed by atoms with E-state index in [2.05, 4.69) is 31.1 Å². The van der Waals surface area contributed by atoms with E-state index < -0.39 is 0 Å². The third-order valence-corrected chi connectivity index (χ3v) is 3.30. The van der Waals surface area contributed by atoms with Crippen LogP contribution in [0.25, 0.3) is 0 Å². The van der Waals surface area contributed by atoms with Crippen LogP contribution in [0.3, 0.4) is 0 Å². The Kier molecular flexibility index (Phi) is 7.04. The summed E-state index contributed by atoms with van der Waals surface area (Å²) in [7, 11) is 3.88. The van der Waals surface area contributed by atoms with Crippen molar-refractivity contribution in [1.29, 1.82) is 0 Å². The highest BCUT2D eigenvalue weighted by atomic mass is 16.5. The Hall–Kier alpha value is -0.160. The van der Waals surface area contributed by atoms with Crippen molar-refractivity contribution in [2.24, 2.45) is 0 Å². The summed E-state index contributed by atoms with van der Waals surface area (Å²) < 4.78 is 10.8. The molecule has 0 aliphatic carbocycles. The second kappa shape index (κ2) is 8.03. The van der Waals surface area contributed by atoms with Gasteiger partial charge in [-0.05, 0) is 33.7 Å². The topological polar surface area (TPSA) is 33.7 Å². The standard InChI is InChI=1S/C13H28N2O2/c1-11-9-13(10-12(2)17-11)14-5-6-15(3)7-8-16-4/h11-14H,5-10H2,1-4H3. The Morgan fingerprint density at radius 3 is 2.47 bits per heavy atom. The van der Waals surface area contributed by atoms with Gasteiger partial charge in [0.2, 0.25) is 0 Å². The summed E-state index contributed by atoms with van der Waals surface area (Å²) in [5.41, 5.74) is 0. The summed E-state index contributed by atoms with van der Waals surface area (Å²) in [6.45, 7) is 8.25. The van der Waals surface area contributed by atoms with Crippen molar-refractivity contribution < 1.29 is 9.47 Å². The lowest BCUT2D eigenvalue weighted by Crippen LogP contribution is -2.43. The minimum Gasteiger partial charge on any atom is -0.383 e. The lowest BCUT2D eigenvalue weighted by molar-refractivity contribution is -0.0421. The monoisotopic (exact) mass is 244 g/mol. The molecule has 4 heteroatoms. The fourth-order valence-corrected chi connectivity index (χ4v) is 2.39. The number of nitrogens with zero attached hydrogens (tertiary/aromatic N) is 1. The molecule has 0 aromatic rings. The molecule has 2 unspecified atom stereocenters. The Labute approximate surface area is 106 Å². The van der Waals surface area contributed by atoms with Crippen LogP contribution in [0.15, 0.2) is 0 Å². The number of rotatable bonds is 7. The van der Waals surface area contributed by atoms with Gasteiger partial charge >= 0.3 is 0 Å². The average molecular weight is 244 g/mol. The van der Waals surface area contributed by atoms with Gasteiger partial charge in [-0.25, -0.2) is 0 Å². The number of hydrogen-bond acceptors (Lipinski definition) is 4. The molecule has 1 heterocycles.